The first-order chi connectivity index (χ1) is 13.8. The van der Waals surface area contributed by atoms with E-state index in [1.165, 1.54) is 0 Å². The highest BCUT2D eigenvalue weighted by atomic mass is 16.5. The van der Waals surface area contributed by atoms with E-state index in [1.807, 2.05) is 70.2 Å². The number of nitrogens with zero attached hydrogens (tertiary/aromatic N) is 1. The molecule has 0 fully saturated rings. The van der Waals surface area contributed by atoms with Gasteiger partial charge in [0.15, 0.2) is 6.61 Å². The number of hydrogen-bond donors (Lipinski definition) is 2. The molecule has 0 aliphatic carbocycles. The lowest BCUT2D eigenvalue weighted by Crippen LogP contribution is -2.47. The molecule has 2 N–H and O–H groups in total. The summed E-state index contributed by atoms with van der Waals surface area (Å²) < 4.78 is 5.56. The number of nitrogens with one attached hydrogen (secondary N) is 2. The standard InChI is InChI=1S/C23H29N3O3/c1-16(2)13-20(23(28)26-24-14-19-11-9-17(3)10-12-19)25-22(27)15-29-21-8-6-5-7-18(21)4/h5-12,14,16,20H,13,15H2,1-4H3,(H,25,27)(H,26,28)/b24-14-/t20-/m1/s1. The molecule has 0 radical (unpaired) electrons. The second kappa shape index (κ2) is 11.0. The predicted octanol–water partition coefficient (Wildman–Crippen LogP) is 3.36. The van der Waals surface area contributed by atoms with E-state index in [9.17, 15) is 9.59 Å². The molecular formula is C23H29N3O3. The SMILES string of the molecule is Cc1ccc(/C=N\NC(=O)[C@@H](CC(C)C)NC(=O)COc2ccccc2C)cc1. The number of hydrazone groups is 1. The van der Waals surface area contributed by atoms with Crippen LogP contribution in [0, 0.1) is 19.8 Å². The van der Waals surface area contributed by atoms with Crippen LogP contribution in [0.5, 0.6) is 5.75 Å². The fraction of sp³-hybridized carbons (Fsp3) is 0.348. The lowest BCUT2D eigenvalue weighted by Gasteiger charge is -2.19. The Morgan fingerprint density at radius 1 is 1.07 bits per heavy atom. The van der Waals surface area contributed by atoms with Crippen LogP contribution in [-0.4, -0.2) is 30.7 Å². The van der Waals surface area contributed by atoms with Crippen molar-refractivity contribution in [3.63, 3.8) is 0 Å². The van der Waals surface area contributed by atoms with E-state index in [1.54, 1.807) is 12.3 Å². The number of carbonyl (C=O) groups is 2. The van der Waals surface area contributed by atoms with Crippen LogP contribution >= 0.6 is 0 Å². The average molecular weight is 396 g/mol. The molecule has 0 aromatic heterocycles. The molecule has 0 heterocycles. The van der Waals surface area contributed by atoms with E-state index in [-0.39, 0.29) is 24.3 Å². The zero-order chi connectivity index (χ0) is 21.2. The van der Waals surface area contributed by atoms with E-state index < -0.39 is 6.04 Å². The molecule has 2 amide bonds. The van der Waals surface area contributed by atoms with Gasteiger partial charge in [-0.3, -0.25) is 9.59 Å². The first-order valence-electron chi connectivity index (χ1n) is 9.72. The first kappa shape index (κ1) is 22.1. The molecule has 6 heteroatoms. The molecule has 0 saturated carbocycles. The van der Waals surface area contributed by atoms with Crippen molar-refractivity contribution < 1.29 is 14.3 Å². The number of hydrogen-bond acceptors (Lipinski definition) is 4. The van der Waals surface area contributed by atoms with Crippen LogP contribution in [0.25, 0.3) is 0 Å². The van der Waals surface area contributed by atoms with Gasteiger partial charge in [-0.2, -0.15) is 5.10 Å². The van der Waals surface area contributed by atoms with Crippen LogP contribution in [0.3, 0.4) is 0 Å². The Morgan fingerprint density at radius 3 is 2.41 bits per heavy atom. The fourth-order valence-electron chi connectivity index (χ4n) is 2.70. The molecule has 0 aliphatic rings. The Balaban J connectivity index is 1.91. The van der Waals surface area contributed by atoms with Gasteiger partial charge in [0.05, 0.1) is 6.21 Å². The Labute approximate surface area is 172 Å². The highest BCUT2D eigenvalue weighted by Crippen LogP contribution is 2.15. The van der Waals surface area contributed by atoms with Gasteiger partial charge in [0, 0.05) is 0 Å². The molecule has 0 bridgehead atoms. The lowest BCUT2D eigenvalue weighted by molar-refractivity contribution is -0.130. The largest absolute Gasteiger partial charge is 0.484 e. The first-order valence-corrected chi connectivity index (χ1v) is 9.72. The van der Waals surface area contributed by atoms with Gasteiger partial charge in [-0.15, -0.1) is 0 Å². The second-order valence-electron chi connectivity index (χ2n) is 7.45. The summed E-state index contributed by atoms with van der Waals surface area (Å²) >= 11 is 0. The van der Waals surface area contributed by atoms with Gasteiger partial charge < -0.3 is 10.1 Å². The molecule has 0 aliphatic heterocycles. The van der Waals surface area contributed by atoms with Gasteiger partial charge in [0.1, 0.15) is 11.8 Å². The van der Waals surface area contributed by atoms with Crippen molar-refractivity contribution in [3.8, 4) is 5.75 Å². The molecule has 2 aromatic carbocycles. The summed E-state index contributed by atoms with van der Waals surface area (Å²) in [5.41, 5.74) is 5.49. The van der Waals surface area contributed by atoms with Gasteiger partial charge in [0.25, 0.3) is 11.8 Å². The highest BCUT2D eigenvalue weighted by molar-refractivity contribution is 5.89. The topological polar surface area (TPSA) is 79.8 Å². The number of rotatable bonds is 9. The van der Waals surface area contributed by atoms with Gasteiger partial charge in [-0.05, 0) is 43.4 Å². The number of para-hydroxylation sites is 1. The quantitative estimate of drug-likeness (QED) is 0.505. The van der Waals surface area contributed by atoms with E-state index in [0.29, 0.717) is 12.2 Å². The minimum atomic E-state index is -0.682. The lowest BCUT2D eigenvalue weighted by atomic mass is 10.0. The maximum Gasteiger partial charge on any atom is 0.262 e. The normalized spacial score (nSPS) is 12.0. The Hall–Kier alpha value is -3.15. The zero-order valence-corrected chi connectivity index (χ0v) is 17.4. The number of aryl methyl sites for hydroxylation is 2. The summed E-state index contributed by atoms with van der Waals surface area (Å²) in [7, 11) is 0. The van der Waals surface area contributed by atoms with Crippen LogP contribution in [-0.2, 0) is 9.59 Å². The third-order valence-electron chi connectivity index (χ3n) is 4.28. The van der Waals surface area contributed by atoms with Gasteiger partial charge in [-0.1, -0.05) is 61.9 Å². The van der Waals surface area contributed by atoms with E-state index in [2.05, 4.69) is 15.8 Å². The molecule has 2 rings (SSSR count). The second-order valence-corrected chi connectivity index (χ2v) is 7.45. The van der Waals surface area contributed by atoms with E-state index in [4.69, 9.17) is 4.74 Å². The van der Waals surface area contributed by atoms with Crippen LogP contribution in [0.4, 0.5) is 0 Å². The van der Waals surface area contributed by atoms with Crippen molar-refractivity contribution >= 4 is 18.0 Å². The van der Waals surface area contributed by atoms with Crippen molar-refractivity contribution in [3.05, 3.63) is 65.2 Å². The molecular weight excluding hydrogens is 366 g/mol. The average Bonchev–Trinajstić information content (AvgIpc) is 2.68. The number of amides is 2. The number of carbonyl (C=O) groups excluding carboxylic acids is 2. The predicted molar refractivity (Wildman–Crippen MR) is 115 cm³/mol. The Bertz CT molecular complexity index is 845. The van der Waals surface area contributed by atoms with Gasteiger partial charge in [0.2, 0.25) is 0 Å². The summed E-state index contributed by atoms with van der Waals surface area (Å²) in [4.78, 5) is 24.8. The third-order valence-corrected chi connectivity index (χ3v) is 4.28. The van der Waals surface area contributed by atoms with Crippen LogP contribution in [0.1, 0.15) is 37.0 Å². The Morgan fingerprint density at radius 2 is 1.76 bits per heavy atom. The van der Waals surface area contributed by atoms with Crippen LogP contribution in [0.2, 0.25) is 0 Å². The van der Waals surface area contributed by atoms with Crippen molar-refractivity contribution in [1.29, 1.82) is 0 Å². The summed E-state index contributed by atoms with van der Waals surface area (Å²) in [5.74, 6) is 0.169. The van der Waals surface area contributed by atoms with Gasteiger partial charge in [-0.25, -0.2) is 5.43 Å². The number of ether oxygens (including phenoxy) is 1. The summed E-state index contributed by atoms with van der Waals surface area (Å²) in [6, 6.07) is 14.6. The third kappa shape index (κ3) is 7.78. The molecule has 0 saturated heterocycles. The van der Waals surface area contributed by atoms with Crippen molar-refractivity contribution in [1.82, 2.24) is 10.7 Å². The fourth-order valence-corrected chi connectivity index (χ4v) is 2.70. The molecule has 6 nitrogen and oxygen atoms in total. The minimum Gasteiger partial charge on any atom is -0.484 e. The number of benzene rings is 2. The maximum atomic E-state index is 12.5. The smallest absolute Gasteiger partial charge is 0.262 e. The van der Waals surface area contributed by atoms with Crippen LogP contribution < -0.4 is 15.5 Å². The molecule has 29 heavy (non-hydrogen) atoms. The molecule has 0 unspecified atom stereocenters. The van der Waals surface area contributed by atoms with E-state index in [0.717, 1.165) is 16.7 Å². The van der Waals surface area contributed by atoms with Crippen molar-refractivity contribution in [2.45, 2.75) is 40.2 Å². The summed E-state index contributed by atoms with van der Waals surface area (Å²) in [6.07, 6.45) is 2.08. The Kier molecular flexibility index (Phi) is 8.40. The molecule has 0 spiro atoms. The molecule has 154 valence electrons. The monoisotopic (exact) mass is 395 g/mol. The van der Waals surface area contributed by atoms with Crippen LogP contribution in [0.15, 0.2) is 53.6 Å². The molecule has 2 aromatic rings. The zero-order valence-electron chi connectivity index (χ0n) is 17.4. The van der Waals surface area contributed by atoms with E-state index >= 15 is 0 Å². The van der Waals surface area contributed by atoms with Crippen molar-refractivity contribution in [2.24, 2.45) is 11.0 Å². The highest BCUT2D eigenvalue weighted by Gasteiger charge is 2.22. The van der Waals surface area contributed by atoms with Gasteiger partial charge >= 0.3 is 0 Å². The summed E-state index contributed by atoms with van der Waals surface area (Å²) in [6.45, 7) is 7.75. The van der Waals surface area contributed by atoms with Crippen molar-refractivity contribution in [2.75, 3.05) is 6.61 Å². The summed E-state index contributed by atoms with van der Waals surface area (Å²) in [5, 5.41) is 6.75. The minimum absolute atomic E-state index is 0.153. The maximum absolute atomic E-state index is 12.5. The molecule has 1 atom stereocenters.